The second-order valence-electron chi connectivity index (χ2n) is 5.11. The van der Waals surface area contributed by atoms with Gasteiger partial charge in [0.15, 0.2) is 8.75 Å². The van der Waals surface area contributed by atoms with Crippen molar-refractivity contribution in [2.75, 3.05) is 12.5 Å². The Bertz CT molecular complexity index is 793. The molecule has 6 nitrogen and oxygen atoms in total. The first-order valence-corrected chi connectivity index (χ1v) is 12.7. The van der Waals surface area contributed by atoms with E-state index in [4.69, 9.17) is 0 Å². The van der Waals surface area contributed by atoms with E-state index in [9.17, 15) is 0 Å². The molecule has 0 fully saturated rings. The molecule has 2 rings (SSSR count). The lowest BCUT2D eigenvalue weighted by atomic mass is 10.3. The fraction of sp³-hybridized carbons (Fsp3) is 0.222. The molecule has 0 N–H and O–H groups in total. The fourth-order valence-electron chi connectivity index (χ4n) is 1.74. The van der Waals surface area contributed by atoms with Crippen molar-refractivity contribution in [2.45, 2.75) is 13.8 Å². The highest BCUT2D eigenvalue weighted by Crippen LogP contribution is 2.33. The lowest BCUT2D eigenvalue weighted by Crippen LogP contribution is -1.97. The van der Waals surface area contributed by atoms with Crippen LogP contribution >= 0.6 is 45.1 Å². The average molecular weight is 449 g/mol. The van der Waals surface area contributed by atoms with Gasteiger partial charge in [-0.3, -0.25) is 9.97 Å². The van der Waals surface area contributed by atoms with Crippen LogP contribution in [0.15, 0.2) is 69.2 Å². The highest BCUT2D eigenvalue weighted by atomic mass is 33.1. The van der Waals surface area contributed by atoms with Crippen molar-refractivity contribution in [1.82, 2.24) is 9.97 Å². The standard InChI is InChI=1S/C18H20N6S4/c1-13(15-9-5-7-11-19-15)21-23-17(25-3)27-28-18(26-4)24-22-14(2)16-10-6-8-12-20-16/h5-12H,1-4H3/b21-13-,22-14+,23-17+,24-18+. The third-order valence-corrected chi connectivity index (χ3v) is 7.89. The van der Waals surface area contributed by atoms with Gasteiger partial charge in [0.2, 0.25) is 0 Å². The van der Waals surface area contributed by atoms with Gasteiger partial charge in [-0.05, 0) is 72.2 Å². The molecule has 0 bridgehead atoms. The molecule has 0 atom stereocenters. The van der Waals surface area contributed by atoms with E-state index in [1.165, 1.54) is 45.1 Å². The Labute approximate surface area is 181 Å². The van der Waals surface area contributed by atoms with Crippen molar-refractivity contribution in [3.8, 4) is 0 Å². The van der Waals surface area contributed by atoms with Crippen LogP contribution in [0.25, 0.3) is 0 Å². The summed E-state index contributed by atoms with van der Waals surface area (Å²) in [4.78, 5) is 8.55. The van der Waals surface area contributed by atoms with Crippen molar-refractivity contribution in [3.05, 3.63) is 60.2 Å². The first-order chi connectivity index (χ1) is 13.6. The topological polar surface area (TPSA) is 75.2 Å². The smallest absolute Gasteiger partial charge is 0.163 e. The Hall–Kier alpha value is -1.62. The predicted molar refractivity (Wildman–Crippen MR) is 130 cm³/mol. The number of hydrogen-bond acceptors (Lipinski definition) is 10. The lowest BCUT2D eigenvalue weighted by Gasteiger charge is -2.02. The van der Waals surface area contributed by atoms with Crippen LogP contribution in [-0.2, 0) is 0 Å². The lowest BCUT2D eigenvalue weighted by molar-refractivity contribution is 1.21. The van der Waals surface area contributed by atoms with Crippen LogP contribution in [-0.4, -0.2) is 42.7 Å². The SMILES string of the molecule is CS/C(=N\N=C(\C)c1ccccn1)SS/C(=N/N=C(\C)c1ccccn1)SC. The maximum Gasteiger partial charge on any atom is 0.163 e. The van der Waals surface area contributed by atoms with Crippen molar-refractivity contribution in [1.29, 1.82) is 0 Å². The number of rotatable bonds is 4. The number of pyridine rings is 2. The van der Waals surface area contributed by atoms with Crippen LogP contribution in [0.3, 0.4) is 0 Å². The first kappa shape index (κ1) is 22.7. The van der Waals surface area contributed by atoms with E-state index in [-0.39, 0.29) is 0 Å². The molecule has 28 heavy (non-hydrogen) atoms. The molecule has 0 amide bonds. The highest BCUT2D eigenvalue weighted by molar-refractivity contribution is 8.93. The summed E-state index contributed by atoms with van der Waals surface area (Å²) in [5, 5.41) is 17.2. The van der Waals surface area contributed by atoms with Gasteiger partial charge in [-0.1, -0.05) is 12.1 Å². The van der Waals surface area contributed by atoms with Crippen molar-refractivity contribution >= 4 is 65.3 Å². The third-order valence-electron chi connectivity index (χ3n) is 3.17. The molecule has 0 spiro atoms. The van der Waals surface area contributed by atoms with E-state index in [1.807, 2.05) is 62.8 Å². The highest BCUT2D eigenvalue weighted by Gasteiger charge is 2.06. The molecule has 146 valence electrons. The minimum absolute atomic E-state index is 0.770. The average Bonchev–Trinajstić information content (AvgIpc) is 2.76. The second-order valence-corrected chi connectivity index (χ2v) is 9.32. The zero-order valence-electron chi connectivity index (χ0n) is 15.9. The molecule has 0 radical (unpaired) electrons. The van der Waals surface area contributed by atoms with E-state index in [1.54, 1.807) is 12.4 Å². The van der Waals surface area contributed by atoms with E-state index in [2.05, 4.69) is 30.4 Å². The van der Waals surface area contributed by atoms with Crippen molar-refractivity contribution in [3.63, 3.8) is 0 Å². The molecule has 2 aromatic heterocycles. The van der Waals surface area contributed by atoms with Gasteiger partial charge in [0.1, 0.15) is 0 Å². The summed E-state index contributed by atoms with van der Waals surface area (Å²) in [7, 11) is 3.01. The predicted octanol–water partition coefficient (Wildman–Crippen LogP) is 5.44. The van der Waals surface area contributed by atoms with Crippen LogP contribution in [0, 0.1) is 0 Å². The Kier molecular flexibility index (Phi) is 10.3. The summed E-state index contributed by atoms with van der Waals surface area (Å²) in [6.07, 6.45) is 7.42. The molecule has 0 saturated carbocycles. The monoisotopic (exact) mass is 448 g/mol. The number of thioether (sulfide) groups is 2. The summed E-state index contributed by atoms with van der Waals surface area (Å²) >= 11 is 3.07. The zero-order valence-corrected chi connectivity index (χ0v) is 19.2. The number of nitrogens with zero attached hydrogens (tertiary/aromatic N) is 6. The van der Waals surface area contributed by atoms with Gasteiger partial charge in [-0.25, -0.2) is 0 Å². The Morgan fingerprint density at radius 3 is 1.43 bits per heavy atom. The number of aromatic nitrogens is 2. The summed E-state index contributed by atoms with van der Waals surface area (Å²) < 4.78 is 1.65. The van der Waals surface area contributed by atoms with Gasteiger partial charge in [0.05, 0.1) is 22.8 Å². The minimum atomic E-state index is 0.770. The van der Waals surface area contributed by atoms with Gasteiger partial charge in [-0.2, -0.15) is 10.2 Å². The molecule has 0 aromatic carbocycles. The summed E-state index contributed by atoms with van der Waals surface area (Å²) in [6.45, 7) is 3.79. The van der Waals surface area contributed by atoms with E-state index >= 15 is 0 Å². The van der Waals surface area contributed by atoms with E-state index < -0.39 is 0 Å². The Morgan fingerprint density at radius 2 is 1.11 bits per heavy atom. The normalized spacial score (nSPS) is 13.7. The molecule has 0 aliphatic carbocycles. The molecule has 2 heterocycles. The van der Waals surface area contributed by atoms with Gasteiger partial charge in [0, 0.05) is 12.4 Å². The molecule has 10 heteroatoms. The zero-order chi connectivity index (χ0) is 20.2. The molecule has 0 unspecified atom stereocenters. The molecule has 0 saturated heterocycles. The molecular formula is C18H20N6S4. The summed E-state index contributed by atoms with van der Waals surface area (Å²) in [6, 6.07) is 11.4. The fourth-order valence-corrected chi connectivity index (χ4v) is 5.29. The van der Waals surface area contributed by atoms with Crippen LogP contribution in [0.1, 0.15) is 25.2 Å². The van der Waals surface area contributed by atoms with Crippen LogP contribution in [0.5, 0.6) is 0 Å². The van der Waals surface area contributed by atoms with Gasteiger partial charge >= 0.3 is 0 Å². The van der Waals surface area contributed by atoms with Gasteiger partial charge < -0.3 is 0 Å². The van der Waals surface area contributed by atoms with Crippen LogP contribution in [0.4, 0.5) is 0 Å². The van der Waals surface area contributed by atoms with Crippen molar-refractivity contribution in [2.24, 2.45) is 20.4 Å². The molecule has 0 aliphatic rings. The maximum atomic E-state index is 4.33. The van der Waals surface area contributed by atoms with Crippen molar-refractivity contribution < 1.29 is 0 Å². The molecular weight excluding hydrogens is 429 g/mol. The summed E-state index contributed by atoms with van der Waals surface area (Å²) in [5.74, 6) is 0. The Balaban J connectivity index is 2.02. The van der Waals surface area contributed by atoms with E-state index in [0.717, 1.165) is 31.6 Å². The van der Waals surface area contributed by atoms with E-state index in [0.29, 0.717) is 0 Å². The summed E-state index contributed by atoms with van der Waals surface area (Å²) in [5.41, 5.74) is 3.17. The van der Waals surface area contributed by atoms with Gasteiger partial charge in [0.25, 0.3) is 0 Å². The molecule has 2 aromatic rings. The minimum Gasteiger partial charge on any atom is -0.255 e. The second kappa shape index (κ2) is 12.8. The Morgan fingerprint density at radius 1 is 0.679 bits per heavy atom. The third kappa shape index (κ3) is 7.78. The molecule has 0 aliphatic heterocycles. The largest absolute Gasteiger partial charge is 0.255 e. The van der Waals surface area contributed by atoms with Crippen LogP contribution < -0.4 is 0 Å². The van der Waals surface area contributed by atoms with Crippen LogP contribution in [0.2, 0.25) is 0 Å². The number of hydrogen-bond donors (Lipinski definition) is 0. The first-order valence-electron chi connectivity index (χ1n) is 8.14. The quantitative estimate of drug-likeness (QED) is 0.268. The maximum absolute atomic E-state index is 4.33. The van der Waals surface area contributed by atoms with Gasteiger partial charge in [-0.15, -0.1) is 33.7 Å².